The first kappa shape index (κ1) is 13.9. The molecule has 0 aromatic carbocycles. The third-order valence-corrected chi connectivity index (χ3v) is 4.64. The van der Waals surface area contributed by atoms with E-state index in [1.165, 1.54) is 64.5 Å². The fourth-order valence-electron chi connectivity index (χ4n) is 3.41. The van der Waals surface area contributed by atoms with E-state index in [2.05, 4.69) is 31.4 Å². The molecule has 1 saturated heterocycles. The lowest BCUT2D eigenvalue weighted by Crippen LogP contribution is -2.33. The van der Waals surface area contributed by atoms with Gasteiger partial charge in [-0.2, -0.15) is 0 Å². The first-order valence-electron chi connectivity index (χ1n) is 8.30. The average molecular weight is 277 g/mol. The normalized spacial score (nSPS) is 22.0. The van der Waals surface area contributed by atoms with Crippen molar-refractivity contribution in [3.63, 3.8) is 0 Å². The second-order valence-corrected chi connectivity index (χ2v) is 6.20. The van der Waals surface area contributed by atoms with E-state index in [1.807, 2.05) is 0 Å². The third kappa shape index (κ3) is 3.72. The van der Waals surface area contributed by atoms with Gasteiger partial charge in [0.15, 0.2) is 5.82 Å². The molecule has 1 aliphatic heterocycles. The van der Waals surface area contributed by atoms with Crippen LogP contribution in [0.3, 0.4) is 0 Å². The van der Waals surface area contributed by atoms with Crippen LogP contribution in [0.2, 0.25) is 0 Å². The van der Waals surface area contributed by atoms with Crippen molar-refractivity contribution in [2.24, 2.45) is 0 Å². The number of nitrogens with one attached hydrogen (secondary N) is 1. The smallest absolute Gasteiger partial charge is 0.168 e. The zero-order valence-electron chi connectivity index (χ0n) is 12.4. The molecule has 0 amide bonds. The molecule has 1 N–H and O–H groups in total. The maximum absolute atomic E-state index is 4.30. The van der Waals surface area contributed by atoms with Crippen molar-refractivity contribution in [3.8, 4) is 0 Å². The molecule has 1 aliphatic carbocycles. The summed E-state index contributed by atoms with van der Waals surface area (Å²) in [6.45, 7) is 4.62. The molecule has 0 radical (unpaired) electrons. The Kier molecular flexibility index (Phi) is 4.90. The summed E-state index contributed by atoms with van der Waals surface area (Å²) in [6, 6.07) is 0.578. The standard InChI is InChI=1S/C15H27N5/c1-3-7-14(8-4-1)20-13-15(17-18-20)16-9-12-19-10-5-2-6-11-19/h13-14,16H,1-12H2. The lowest BCUT2D eigenvalue weighted by atomic mass is 9.96. The lowest BCUT2D eigenvalue weighted by Gasteiger charge is -2.26. The summed E-state index contributed by atoms with van der Waals surface area (Å²) in [7, 11) is 0. The number of aromatic nitrogens is 3. The van der Waals surface area contributed by atoms with Crippen molar-refractivity contribution in [2.75, 3.05) is 31.5 Å². The van der Waals surface area contributed by atoms with E-state index >= 15 is 0 Å². The molecule has 1 saturated carbocycles. The first-order chi connectivity index (χ1) is 9.92. The molecule has 1 aromatic heterocycles. The Hall–Kier alpha value is -1.10. The number of anilines is 1. The number of likely N-dealkylation sites (tertiary alicyclic amines) is 1. The van der Waals surface area contributed by atoms with Gasteiger partial charge < -0.3 is 10.2 Å². The summed E-state index contributed by atoms with van der Waals surface area (Å²) in [5.74, 6) is 0.938. The molecule has 0 spiro atoms. The minimum atomic E-state index is 0.578. The van der Waals surface area contributed by atoms with Crippen LogP contribution in [0.1, 0.15) is 57.4 Å². The molecule has 3 rings (SSSR count). The second-order valence-electron chi connectivity index (χ2n) is 6.20. The van der Waals surface area contributed by atoms with E-state index in [-0.39, 0.29) is 0 Å². The highest BCUT2D eigenvalue weighted by Crippen LogP contribution is 2.27. The van der Waals surface area contributed by atoms with Crippen molar-refractivity contribution < 1.29 is 0 Å². The van der Waals surface area contributed by atoms with Crippen molar-refractivity contribution in [3.05, 3.63) is 6.20 Å². The largest absolute Gasteiger partial charge is 0.366 e. The van der Waals surface area contributed by atoms with Crippen molar-refractivity contribution in [2.45, 2.75) is 57.4 Å². The van der Waals surface area contributed by atoms with Gasteiger partial charge in [0.2, 0.25) is 0 Å². The van der Waals surface area contributed by atoms with E-state index in [0.717, 1.165) is 18.9 Å². The van der Waals surface area contributed by atoms with Crippen LogP contribution in [0.5, 0.6) is 0 Å². The molecule has 112 valence electrons. The van der Waals surface area contributed by atoms with Gasteiger partial charge >= 0.3 is 0 Å². The van der Waals surface area contributed by atoms with Crippen LogP contribution in [0.25, 0.3) is 0 Å². The zero-order valence-corrected chi connectivity index (χ0v) is 12.4. The molecule has 20 heavy (non-hydrogen) atoms. The van der Waals surface area contributed by atoms with Crippen LogP contribution in [-0.2, 0) is 0 Å². The van der Waals surface area contributed by atoms with Gasteiger partial charge in [-0.25, -0.2) is 4.68 Å². The molecule has 2 fully saturated rings. The summed E-state index contributed by atoms with van der Waals surface area (Å²) in [5, 5.41) is 12.0. The van der Waals surface area contributed by atoms with Gasteiger partial charge in [-0.3, -0.25) is 0 Å². The summed E-state index contributed by atoms with van der Waals surface area (Å²) in [4.78, 5) is 2.54. The minimum Gasteiger partial charge on any atom is -0.366 e. The molecule has 0 bridgehead atoms. The number of rotatable bonds is 5. The van der Waals surface area contributed by atoms with E-state index < -0.39 is 0 Å². The van der Waals surface area contributed by atoms with Crippen LogP contribution in [0.15, 0.2) is 6.20 Å². The SMILES string of the molecule is c1c(NCCN2CCCCC2)nnn1C1CCCCC1. The fraction of sp³-hybridized carbons (Fsp3) is 0.867. The van der Waals surface area contributed by atoms with Crippen molar-refractivity contribution in [1.29, 1.82) is 0 Å². The molecule has 2 aliphatic rings. The maximum atomic E-state index is 4.30. The third-order valence-electron chi connectivity index (χ3n) is 4.64. The summed E-state index contributed by atoms with van der Waals surface area (Å²) in [6.07, 6.45) is 12.8. The number of nitrogens with zero attached hydrogens (tertiary/aromatic N) is 4. The van der Waals surface area contributed by atoms with Crippen LogP contribution >= 0.6 is 0 Å². The molecule has 0 atom stereocenters. The Morgan fingerprint density at radius 3 is 2.60 bits per heavy atom. The summed E-state index contributed by atoms with van der Waals surface area (Å²) in [5.41, 5.74) is 0. The molecule has 2 heterocycles. The van der Waals surface area contributed by atoms with Crippen LogP contribution in [0.4, 0.5) is 5.82 Å². The lowest BCUT2D eigenvalue weighted by molar-refractivity contribution is 0.237. The van der Waals surface area contributed by atoms with Crippen LogP contribution in [0, 0.1) is 0 Å². The second kappa shape index (κ2) is 7.07. The van der Waals surface area contributed by atoms with Crippen molar-refractivity contribution in [1.82, 2.24) is 19.9 Å². The van der Waals surface area contributed by atoms with Crippen LogP contribution in [-0.4, -0.2) is 46.1 Å². The molecular weight excluding hydrogens is 250 g/mol. The van der Waals surface area contributed by atoms with E-state index in [9.17, 15) is 0 Å². The van der Waals surface area contributed by atoms with Crippen molar-refractivity contribution >= 4 is 5.82 Å². The van der Waals surface area contributed by atoms with Gasteiger partial charge in [-0.15, -0.1) is 5.10 Å². The van der Waals surface area contributed by atoms with E-state index in [1.54, 1.807) is 0 Å². The quantitative estimate of drug-likeness (QED) is 0.899. The Balaban J connectivity index is 1.42. The van der Waals surface area contributed by atoms with E-state index in [0.29, 0.717) is 6.04 Å². The topological polar surface area (TPSA) is 46.0 Å². The predicted octanol–water partition coefficient (Wildman–Crippen LogP) is 2.68. The molecule has 0 unspecified atom stereocenters. The maximum Gasteiger partial charge on any atom is 0.168 e. The predicted molar refractivity (Wildman–Crippen MR) is 80.9 cm³/mol. The highest BCUT2D eigenvalue weighted by atomic mass is 15.5. The summed E-state index contributed by atoms with van der Waals surface area (Å²) < 4.78 is 2.07. The minimum absolute atomic E-state index is 0.578. The van der Waals surface area contributed by atoms with E-state index in [4.69, 9.17) is 0 Å². The molecular formula is C15H27N5. The monoisotopic (exact) mass is 277 g/mol. The first-order valence-corrected chi connectivity index (χ1v) is 8.30. The molecule has 5 nitrogen and oxygen atoms in total. The van der Waals surface area contributed by atoms with Gasteiger partial charge in [0.1, 0.15) is 0 Å². The fourth-order valence-corrected chi connectivity index (χ4v) is 3.41. The van der Waals surface area contributed by atoms with Gasteiger partial charge in [0, 0.05) is 13.1 Å². The highest BCUT2D eigenvalue weighted by molar-refractivity contribution is 5.29. The molecule has 1 aromatic rings. The molecule has 5 heteroatoms. The number of hydrogen-bond donors (Lipinski definition) is 1. The Morgan fingerprint density at radius 1 is 1.05 bits per heavy atom. The Bertz CT molecular complexity index is 391. The Morgan fingerprint density at radius 2 is 1.80 bits per heavy atom. The highest BCUT2D eigenvalue weighted by Gasteiger charge is 2.16. The number of piperidine rings is 1. The zero-order chi connectivity index (χ0) is 13.6. The summed E-state index contributed by atoms with van der Waals surface area (Å²) >= 11 is 0. The van der Waals surface area contributed by atoms with Crippen LogP contribution < -0.4 is 5.32 Å². The van der Waals surface area contributed by atoms with Gasteiger partial charge in [0.05, 0.1) is 12.2 Å². The van der Waals surface area contributed by atoms with Gasteiger partial charge in [-0.1, -0.05) is 30.9 Å². The number of hydrogen-bond acceptors (Lipinski definition) is 4. The average Bonchev–Trinajstić information content (AvgIpc) is 2.98. The van der Waals surface area contributed by atoms with Gasteiger partial charge in [-0.05, 0) is 38.8 Å². The van der Waals surface area contributed by atoms with Gasteiger partial charge in [0.25, 0.3) is 0 Å². The Labute approximate surface area is 121 Å².